The Morgan fingerprint density at radius 3 is 2.48 bits per heavy atom. The van der Waals surface area contributed by atoms with Crippen molar-refractivity contribution in [3.05, 3.63) is 40.5 Å². The van der Waals surface area contributed by atoms with Crippen LogP contribution in [-0.2, 0) is 16.4 Å². The smallest absolute Gasteiger partial charge is 0.339 e. The minimum Gasteiger partial charge on any atom is -0.478 e. The highest BCUT2D eigenvalue weighted by Crippen LogP contribution is 2.24. The molecule has 6 nitrogen and oxygen atoms in total. The van der Waals surface area contributed by atoms with Crippen LogP contribution in [0.4, 0.5) is 0 Å². The zero-order valence-corrected chi connectivity index (χ0v) is 13.6. The number of nitrogens with zero attached hydrogens (tertiary/aromatic N) is 2. The van der Waals surface area contributed by atoms with E-state index in [2.05, 4.69) is 21.0 Å². The summed E-state index contributed by atoms with van der Waals surface area (Å²) in [5, 5.41) is 13.4. The number of carboxylic acids is 1. The zero-order chi connectivity index (χ0) is 15.6. The third-order valence-electron chi connectivity index (χ3n) is 2.80. The van der Waals surface area contributed by atoms with E-state index in [4.69, 9.17) is 0 Å². The molecule has 0 radical (unpaired) electrons. The van der Waals surface area contributed by atoms with Crippen molar-refractivity contribution in [2.24, 2.45) is 0 Å². The second kappa shape index (κ2) is 5.98. The number of aromatic nitrogens is 2. The van der Waals surface area contributed by atoms with Crippen LogP contribution in [0.15, 0.2) is 34.9 Å². The van der Waals surface area contributed by atoms with Crippen LogP contribution in [0.3, 0.4) is 0 Å². The number of aryl methyl sites for hydroxylation is 1. The number of hydrogen-bond acceptors (Lipinski definition) is 4. The molecule has 0 fully saturated rings. The van der Waals surface area contributed by atoms with Gasteiger partial charge in [-0.1, -0.05) is 28.1 Å². The lowest BCUT2D eigenvalue weighted by molar-refractivity contribution is 0.0697. The van der Waals surface area contributed by atoms with Gasteiger partial charge in [0, 0.05) is 22.5 Å². The molecule has 0 saturated carbocycles. The first-order valence-electron chi connectivity index (χ1n) is 6.01. The maximum absolute atomic E-state index is 11.3. The van der Waals surface area contributed by atoms with Gasteiger partial charge in [0.05, 0.1) is 12.3 Å². The van der Waals surface area contributed by atoms with Gasteiger partial charge in [0.15, 0.2) is 0 Å². The summed E-state index contributed by atoms with van der Waals surface area (Å²) >= 11 is 3.31. The van der Waals surface area contributed by atoms with E-state index < -0.39 is 15.8 Å². The number of halogens is 1. The molecule has 0 saturated heterocycles. The number of sulfone groups is 1. The lowest BCUT2D eigenvalue weighted by atomic mass is 10.1. The Hall–Kier alpha value is -1.67. The second-order valence-corrected chi connectivity index (χ2v) is 7.77. The van der Waals surface area contributed by atoms with Crippen LogP contribution in [0.25, 0.3) is 11.3 Å². The molecule has 112 valence electrons. The van der Waals surface area contributed by atoms with Gasteiger partial charge in [0.25, 0.3) is 0 Å². The number of benzene rings is 1. The highest BCUT2D eigenvalue weighted by Gasteiger charge is 2.17. The molecule has 1 N–H and O–H groups in total. The molecule has 0 aliphatic carbocycles. The molecule has 0 aliphatic heterocycles. The largest absolute Gasteiger partial charge is 0.478 e. The van der Waals surface area contributed by atoms with E-state index in [1.807, 2.05) is 0 Å². The molecule has 0 amide bonds. The number of aromatic carboxylic acids is 1. The van der Waals surface area contributed by atoms with Gasteiger partial charge < -0.3 is 5.11 Å². The van der Waals surface area contributed by atoms with Gasteiger partial charge in [-0.25, -0.2) is 13.2 Å². The summed E-state index contributed by atoms with van der Waals surface area (Å²) in [6.07, 6.45) is 2.48. The van der Waals surface area contributed by atoms with Gasteiger partial charge in [0.1, 0.15) is 21.1 Å². The lowest BCUT2D eigenvalue weighted by Gasteiger charge is -2.00. The van der Waals surface area contributed by atoms with Crippen molar-refractivity contribution in [1.29, 1.82) is 0 Å². The van der Waals surface area contributed by atoms with Gasteiger partial charge in [-0.05, 0) is 12.1 Å². The lowest BCUT2D eigenvalue weighted by Crippen LogP contribution is -2.11. The van der Waals surface area contributed by atoms with E-state index >= 15 is 0 Å². The summed E-state index contributed by atoms with van der Waals surface area (Å²) in [5.74, 6) is -1.19. The standard InChI is InChI=1S/C13H13BrN2O4S/c1-21(19,20)7-6-16-8-11(13(17)18)12(15-16)9-2-4-10(14)5-3-9/h2-5,8H,6-7H2,1H3,(H,17,18). The van der Waals surface area contributed by atoms with Gasteiger partial charge in [-0.15, -0.1) is 0 Å². The van der Waals surface area contributed by atoms with Crippen molar-refractivity contribution in [2.45, 2.75) is 6.54 Å². The zero-order valence-electron chi connectivity index (χ0n) is 11.2. The molecule has 1 aromatic heterocycles. The number of carboxylic acid groups (broad SMARTS) is 1. The van der Waals surface area contributed by atoms with Crippen LogP contribution in [0.1, 0.15) is 10.4 Å². The number of rotatable bonds is 5. The third kappa shape index (κ3) is 4.15. The van der Waals surface area contributed by atoms with E-state index in [1.54, 1.807) is 24.3 Å². The molecule has 1 heterocycles. The summed E-state index contributed by atoms with van der Waals surface area (Å²) in [6, 6.07) is 7.08. The SMILES string of the molecule is CS(=O)(=O)CCn1cc(C(=O)O)c(-c2ccc(Br)cc2)n1. The summed E-state index contributed by atoms with van der Waals surface area (Å²) < 4.78 is 24.6. The molecule has 2 aromatic rings. The molecule has 0 unspecified atom stereocenters. The fourth-order valence-corrected chi connectivity index (χ4v) is 2.56. The molecule has 8 heteroatoms. The van der Waals surface area contributed by atoms with Crippen LogP contribution >= 0.6 is 15.9 Å². The van der Waals surface area contributed by atoms with Crippen LogP contribution in [0.5, 0.6) is 0 Å². The number of carbonyl (C=O) groups is 1. The summed E-state index contributed by atoms with van der Waals surface area (Å²) in [5.41, 5.74) is 1.03. The van der Waals surface area contributed by atoms with Gasteiger partial charge in [-0.3, -0.25) is 4.68 Å². The molecule has 0 atom stereocenters. The Morgan fingerprint density at radius 1 is 1.33 bits per heavy atom. The predicted molar refractivity (Wildman–Crippen MR) is 82.0 cm³/mol. The van der Waals surface area contributed by atoms with Gasteiger partial charge in [0.2, 0.25) is 0 Å². The highest BCUT2D eigenvalue weighted by atomic mass is 79.9. The normalized spacial score (nSPS) is 11.5. The van der Waals surface area contributed by atoms with Crippen molar-refractivity contribution >= 4 is 31.7 Å². The molecular formula is C13H13BrN2O4S. The van der Waals surface area contributed by atoms with E-state index in [0.717, 1.165) is 10.7 Å². The van der Waals surface area contributed by atoms with E-state index in [1.165, 1.54) is 10.9 Å². The topological polar surface area (TPSA) is 89.3 Å². The van der Waals surface area contributed by atoms with Crippen molar-refractivity contribution in [2.75, 3.05) is 12.0 Å². The molecule has 2 rings (SSSR count). The first kappa shape index (κ1) is 15.7. The van der Waals surface area contributed by atoms with Crippen molar-refractivity contribution < 1.29 is 18.3 Å². The molecule has 21 heavy (non-hydrogen) atoms. The van der Waals surface area contributed by atoms with Crippen molar-refractivity contribution in [1.82, 2.24) is 9.78 Å². The minimum absolute atomic E-state index is 0.0471. The fourth-order valence-electron chi connectivity index (χ4n) is 1.77. The maximum Gasteiger partial charge on any atom is 0.339 e. The molecule has 0 bridgehead atoms. The Bertz CT molecular complexity index is 766. The van der Waals surface area contributed by atoms with E-state index in [0.29, 0.717) is 11.3 Å². The quantitative estimate of drug-likeness (QED) is 0.867. The Labute approximate surface area is 130 Å². The van der Waals surface area contributed by atoms with Crippen LogP contribution in [0, 0.1) is 0 Å². The van der Waals surface area contributed by atoms with Gasteiger partial charge >= 0.3 is 5.97 Å². The Balaban J connectivity index is 2.38. The maximum atomic E-state index is 11.3. The average molecular weight is 373 g/mol. The average Bonchev–Trinajstić information content (AvgIpc) is 2.81. The predicted octanol–water partition coefficient (Wildman–Crippen LogP) is 2.06. The van der Waals surface area contributed by atoms with E-state index in [-0.39, 0.29) is 17.9 Å². The summed E-state index contributed by atoms with van der Waals surface area (Å²) in [4.78, 5) is 11.3. The molecule has 1 aromatic carbocycles. The molecule has 0 aliphatic rings. The summed E-state index contributed by atoms with van der Waals surface area (Å²) in [7, 11) is -3.13. The first-order chi connectivity index (χ1) is 9.76. The monoisotopic (exact) mass is 372 g/mol. The van der Waals surface area contributed by atoms with Crippen LogP contribution in [0.2, 0.25) is 0 Å². The Morgan fingerprint density at radius 2 is 1.95 bits per heavy atom. The fraction of sp³-hybridized carbons (Fsp3) is 0.231. The highest BCUT2D eigenvalue weighted by molar-refractivity contribution is 9.10. The third-order valence-corrected chi connectivity index (χ3v) is 4.25. The van der Waals surface area contributed by atoms with Crippen LogP contribution < -0.4 is 0 Å². The van der Waals surface area contributed by atoms with Gasteiger partial charge in [-0.2, -0.15) is 5.10 Å². The van der Waals surface area contributed by atoms with Crippen LogP contribution in [-0.4, -0.2) is 41.3 Å². The van der Waals surface area contributed by atoms with Crippen molar-refractivity contribution in [3.63, 3.8) is 0 Å². The van der Waals surface area contributed by atoms with Crippen molar-refractivity contribution in [3.8, 4) is 11.3 Å². The Kier molecular flexibility index (Phi) is 4.48. The first-order valence-corrected chi connectivity index (χ1v) is 8.86. The summed E-state index contributed by atoms with van der Waals surface area (Å²) in [6.45, 7) is 0.121. The second-order valence-electron chi connectivity index (χ2n) is 4.60. The number of hydrogen-bond donors (Lipinski definition) is 1. The van der Waals surface area contributed by atoms with E-state index in [9.17, 15) is 18.3 Å². The molecular weight excluding hydrogens is 360 g/mol. The minimum atomic E-state index is -3.13. The molecule has 0 spiro atoms.